The number of nitrogens with zero attached hydrogens (tertiary/aromatic N) is 4. The van der Waals surface area contributed by atoms with Gasteiger partial charge in [0.1, 0.15) is 10.4 Å². The first kappa shape index (κ1) is 20.8. The number of aromatic amines is 1. The van der Waals surface area contributed by atoms with E-state index in [9.17, 15) is 18.8 Å². The van der Waals surface area contributed by atoms with Gasteiger partial charge in [-0.25, -0.2) is 9.78 Å². The maximum Gasteiger partial charge on any atom is 0.328 e. The zero-order valence-corrected chi connectivity index (χ0v) is 18.5. The number of amides is 1. The molecule has 2 saturated heterocycles. The number of hydrogen-bond donors (Lipinski definition) is 2. The highest BCUT2D eigenvalue weighted by Crippen LogP contribution is 2.35. The second-order valence-corrected chi connectivity index (χ2v) is 9.43. The molecule has 9 nitrogen and oxygen atoms in total. The number of carbonyl (C=O) groups is 1. The summed E-state index contributed by atoms with van der Waals surface area (Å²) >= 11 is 1.41. The van der Waals surface area contributed by atoms with Crippen LogP contribution in [0.25, 0.3) is 10.2 Å². The topological polar surface area (TPSA) is 103 Å². The van der Waals surface area contributed by atoms with E-state index in [0.29, 0.717) is 35.5 Å². The average Bonchev–Trinajstić information content (AvgIpc) is 3.27. The highest BCUT2D eigenvalue weighted by molar-refractivity contribution is 7.18. The molecule has 2 aliphatic heterocycles. The summed E-state index contributed by atoms with van der Waals surface area (Å²) in [4.78, 5) is 48.0. The van der Waals surface area contributed by atoms with E-state index in [-0.39, 0.29) is 23.3 Å². The number of anilines is 1. The minimum absolute atomic E-state index is 0.0595. The highest BCUT2D eigenvalue weighted by atomic mass is 32.1. The summed E-state index contributed by atoms with van der Waals surface area (Å²) in [6, 6.07) is 5.55. The van der Waals surface area contributed by atoms with Gasteiger partial charge in [-0.3, -0.25) is 19.1 Å². The number of carbonyl (C=O) groups excluding carboxylic acids is 1. The lowest BCUT2D eigenvalue weighted by molar-refractivity contribution is 0.0957. The number of pyridine rings is 1. The van der Waals surface area contributed by atoms with Crippen molar-refractivity contribution in [3.05, 3.63) is 55.6 Å². The lowest BCUT2D eigenvalue weighted by Gasteiger charge is -2.41. The van der Waals surface area contributed by atoms with Crippen LogP contribution in [0.1, 0.15) is 28.2 Å². The standard InChI is InChI=1S/C21H23FN6O3S/c1-23-19(29)14-5-6-16(18(22)24-14)27-8-11-3-4-12(9-27)28(11)10-13-7-15-17(32-13)20(30)26(2)21(31)25-15/h5-7,11-12H,3-4,8-10H2,1-2H3,(H,23,29)(H,25,31). The first-order valence-corrected chi connectivity index (χ1v) is 11.3. The number of H-pyrrole nitrogens is 1. The van der Waals surface area contributed by atoms with Crippen molar-refractivity contribution in [3.63, 3.8) is 0 Å². The van der Waals surface area contributed by atoms with Gasteiger partial charge in [0.15, 0.2) is 0 Å². The molecule has 168 valence electrons. The Hall–Kier alpha value is -3.05. The Morgan fingerprint density at radius 2 is 2.00 bits per heavy atom. The van der Waals surface area contributed by atoms with Crippen LogP contribution in [-0.4, -0.2) is 57.6 Å². The van der Waals surface area contributed by atoms with E-state index < -0.39 is 17.5 Å². The van der Waals surface area contributed by atoms with Crippen LogP contribution >= 0.6 is 11.3 Å². The van der Waals surface area contributed by atoms with Crippen molar-refractivity contribution in [3.8, 4) is 0 Å². The van der Waals surface area contributed by atoms with Gasteiger partial charge in [0.2, 0.25) is 5.95 Å². The van der Waals surface area contributed by atoms with Crippen LogP contribution < -0.4 is 21.5 Å². The Morgan fingerprint density at radius 3 is 2.66 bits per heavy atom. The van der Waals surface area contributed by atoms with Crippen LogP contribution in [0.3, 0.4) is 0 Å². The molecular formula is C21H23FN6O3S. The summed E-state index contributed by atoms with van der Waals surface area (Å²) in [5, 5.41) is 2.45. The molecule has 0 radical (unpaired) electrons. The molecule has 11 heteroatoms. The molecule has 2 atom stereocenters. The van der Waals surface area contributed by atoms with Crippen LogP contribution in [-0.2, 0) is 13.6 Å². The van der Waals surface area contributed by atoms with Crippen LogP contribution in [0.4, 0.5) is 10.1 Å². The Bertz CT molecular complexity index is 1320. The van der Waals surface area contributed by atoms with E-state index in [4.69, 9.17) is 0 Å². The van der Waals surface area contributed by atoms with Crippen molar-refractivity contribution < 1.29 is 9.18 Å². The number of hydrogen-bond acceptors (Lipinski definition) is 7. The molecule has 0 aromatic carbocycles. The van der Waals surface area contributed by atoms with Crippen molar-refractivity contribution >= 4 is 33.1 Å². The lowest BCUT2D eigenvalue weighted by Crippen LogP contribution is -2.53. The Morgan fingerprint density at radius 1 is 1.28 bits per heavy atom. The van der Waals surface area contributed by atoms with Crippen LogP contribution in [0.5, 0.6) is 0 Å². The van der Waals surface area contributed by atoms with E-state index in [1.165, 1.54) is 25.4 Å². The van der Waals surface area contributed by atoms with E-state index in [1.54, 1.807) is 12.1 Å². The Labute approximate surface area is 186 Å². The molecule has 3 aromatic rings. The van der Waals surface area contributed by atoms with Gasteiger partial charge < -0.3 is 15.2 Å². The van der Waals surface area contributed by atoms with Gasteiger partial charge in [-0.1, -0.05) is 0 Å². The molecule has 2 aliphatic rings. The average molecular weight is 459 g/mol. The molecule has 5 heterocycles. The summed E-state index contributed by atoms with van der Waals surface area (Å²) in [6.07, 6.45) is 2.02. The molecule has 0 aliphatic carbocycles. The number of aromatic nitrogens is 3. The number of piperazine rings is 1. The first-order chi connectivity index (χ1) is 15.4. The number of rotatable bonds is 4. The van der Waals surface area contributed by atoms with Gasteiger partial charge in [0, 0.05) is 50.7 Å². The zero-order valence-electron chi connectivity index (χ0n) is 17.7. The normalized spacial score (nSPS) is 20.8. The molecule has 32 heavy (non-hydrogen) atoms. The molecule has 0 spiro atoms. The number of halogens is 1. The molecular weight excluding hydrogens is 435 g/mol. The summed E-state index contributed by atoms with van der Waals surface area (Å²) in [5.41, 5.74) is 0.351. The molecule has 2 N–H and O–H groups in total. The van der Waals surface area contributed by atoms with E-state index in [0.717, 1.165) is 22.3 Å². The van der Waals surface area contributed by atoms with Crippen LogP contribution in [0, 0.1) is 5.95 Å². The predicted octanol–water partition coefficient (Wildman–Crippen LogP) is 1.04. The van der Waals surface area contributed by atoms with Crippen molar-refractivity contribution in [2.75, 3.05) is 25.0 Å². The summed E-state index contributed by atoms with van der Waals surface area (Å²) < 4.78 is 16.3. The second kappa shape index (κ2) is 7.82. The van der Waals surface area contributed by atoms with Crippen molar-refractivity contribution in [1.82, 2.24) is 24.8 Å². The van der Waals surface area contributed by atoms with Gasteiger partial charge >= 0.3 is 5.69 Å². The zero-order chi connectivity index (χ0) is 22.6. The van der Waals surface area contributed by atoms with E-state index in [1.807, 2.05) is 11.0 Å². The third-order valence-corrected chi connectivity index (χ3v) is 7.54. The molecule has 5 rings (SSSR count). The van der Waals surface area contributed by atoms with Crippen molar-refractivity contribution in [2.24, 2.45) is 7.05 Å². The highest BCUT2D eigenvalue weighted by Gasteiger charge is 2.40. The summed E-state index contributed by atoms with van der Waals surface area (Å²) in [6.45, 7) is 2.01. The molecule has 2 unspecified atom stereocenters. The minimum atomic E-state index is -0.636. The first-order valence-electron chi connectivity index (χ1n) is 10.5. The van der Waals surface area contributed by atoms with Gasteiger partial charge in [0.05, 0.1) is 11.2 Å². The molecule has 2 bridgehead atoms. The fourth-order valence-corrected chi connectivity index (χ4v) is 5.85. The van der Waals surface area contributed by atoms with Gasteiger partial charge in [-0.05, 0) is 31.0 Å². The van der Waals surface area contributed by atoms with Crippen molar-refractivity contribution in [2.45, 2.75) is 31.5 Å². The number of fused-ring (bicyclic) bond motifs is 3. The minimum Gasteiger partial charge on any atom is -0.365 e. The quantitative estimate of drug-likeness (QED) is 0.567. The van der Waals surface area contributed by atoms with Crippen LogP contribution in [0.15, 0.2) is 27.8 Å². The monoisotopic (exact) mass is 458 g/mol. The van der Waals surface area contributed by atoms with Crippen LogP contribution in [0.2, 0.25) is 0 Å². The summed E-state index contributed by atoms with van der Waals surface area (Å²) in [7, 11) is 2.95. The maximum atomic E-state index is 14.7. The smallest absolute Gasteiger partial charge is 0.328 e. The number of nitrogens with one attached hydrogen (secondary N) is 2. The predicted molar refractivity (Wildman–Crippen MR) is 120 cm³/mol. The van der Waals surface area contributed by atoms with Gasteiger partial charge in [-0.2, -0.15) is 4.39 Å². The van der Waals surface area contributed by atoms with E-state index in [2.05, 4.69) is 20.2 Å². The SMILES string of the molecule is CNC(=O)c1ccc(N2CC3CCC(C2)N3Cc2cc3[nH]c(=O)n(C)c(=O)c3s2)c(F)n1. The van der Waals surface area contributed by atoms with Gasteiger partial charge in [-0.15, -0.1) is 11.3 Å². The van der Waals surface area contributed by atoms with E-state index >= 15 is 0 Å². The molecule has 2 fully saturated rings. The fourth-order valence-electron chi connectivity index (χ4n) is 4.76. The Balaban J connectivity index is 1.36. The molecule has 1 amide bonds. The third-order valence-electron chi connectivity index (χ3n) is 6.43. The molecule has 0 saturated carbocycles. The summed E-state index contributed by atoms with van der Waals surface area (Å²) in [5.74, 6) is -1.05. The van der Waals surface area contributed by atoms with Gasteiger partial charge in [0.25, 0.3) is 11.5 Å². The molecule has 3 aromatic heterocycles. The number of thiophene rings is 1. The Kier molecular flexibility index (Phi) is 5.09. The lowest BCUT2D eigenvalue weighted by atomic mass is 10.1. The largest absolute Gasteiger partial charge is 0.365 e. The van der Waals surface area contributed by atoms with Crippen molar-refractivity contribution in [1.29, 1.82) is 0 Å². The third kappa shape index (κ3) is 3.41. The maximum absolute atomic E-state index is 14.7. The fraction of sp³-hybridized carbons (Fsp3) is 0.429. The second-order valence-electron chi connectivity index (χ2n) is 8.30.